The lowest BCUT2D eigenvalue weighted by molar-refractivity contribution is -0.142. The Kier molecular flexibility index (Phi) is 10.1. The summed E-state index contributed by atoms with van der Waals surface area (Å²) >= 11 is 0. The number of nitrogens with zero attached hydrogens (tertiary/aromatic N) is 1. The molecule has 39 heavy (non-hydrogen) atoms. The Labute approximate surface area is 230 Å². The van der Waals surface area contributed by atoms with Gasteiger partial charge in [0.15, 0.2) is 6.61 Å². The van der Waals surface area contributed by atoms with Crippen molar-refractivity contribution in [3.63, 3.8) is 0 Å². The lowest BCUT2D eigenvalue weighted by Crippen LogP contribution is -2.52. The molecule has 4 aromatic rings. The molecule has 4 aromatic carbocycles. The van der Waals surface area contributed by atoms with Crippen molar-refractivity contribution >= 4 is 11.8 Å². The van der Waals surface area contributed by atoms with E-state index >= 15 is 0 Å². The second-order valence-electron chi connectivity index (χ2n) is 9.20. The number of hydrogen-bond donors (Lipinski definition) is 1. The summed E-state index contributed by atoms with van der Waals surface area (Å²) < 4.78 is 11.1. The third-order valence-corrected chi connectivity index (χ3v) is 6.44. The van der Waals surface area contributed by atoms with E-state index in [4.69, 9.17) is 9.47 Å². The van der Waals surface area contributed by atoms with E-state index in [9.17, 15) is 9.59 Å². The Morgan fingerprint density at radius 3 is 1.92 bits per heavy atom. The van der Waals surface area contributed by atoms with Crippen molar-refractivity contribution in [1.82, 2.24) is 10.2 Å². The molecule has 0 radical (unpaired) electrons. The van der Waals surface area contributed by atoms with Crippen LogP contribution in [0.1, 0.15) is 16.7 Å². The zero-order valence-electron chi connectivity index (χ0n) is 22.2. The number of rotatable bonds is 13. The van der Waals surface area contributed by atoms with Crippen LogP contribution in [0.2, 0.25) is 0 Å². The first-order valence-corrected chi connectivity index (χ1v) is 13.1. The van der Waals surface area contributed by atoms with Crippen molar-refractivity contribution in [3.8, 4) is 11.5 Å². The van der Waals surface area contributed by atoms with Crippen LogP contribution in [0.3, 0.4) is 0 Å². The average Bonchev–Trinajstić information content (AvgIpc) is 2.99. The van der Waals surface area contributed by atoms with Crippen molar-refractivity contribution in [2.75, 3.05) is 20.3 Å². The normalized spacial score (nSPS) is 11.3. The molecule has 0 saturated heterocycles. The molecule has 1 unspecified atom stereocenters. The molecule has 0 saturated carbocycles. The minimum atomic E-state index is -0.725. The van der Waals surface area contributed by atoms with Gasteiger partial charge in [0.05, 0.1) is 7.11 Å². The molecular weight excluding hydrogens is 488 g/mol. The molecule has 0 aliphatic carbocycles. The van der Waals surface area contributed by atoms with Gasteiger partial charge in [-0.05, 0) is 47.4 Å². The summed E-state index contributed by atoms with van der Waals surface area (Å²) in [4.78, 5) is 29.0. The van der Waals surface area contributed by atoms with E-state index in [0.29, 0.717) is 25.1 Å². The van der Waals surface area contributed by atoms with E-state index in [1.54, 1.807) is 24.1 Å². The number of nitrogens with one attached hydrogen (secondary N) is 1. The summed E-state index contributed by atoms with van der Waals surface area (Å²) in [6, 6.07) is 35.8. The summed E-state index contributed by atoms with van der Waals surface area (Å²) in [5.41, 5.74) is 3.00. The summed E-state index contributed by atoms with van der Waals surface area (Å²) in [6.45, 7) is 0.548. The van der Waals surface area contributed by atoms with Gasteiger partial charge in [0.2, 0.25) is 5.91 Å². The highest BCUT2D eigenvalue weighted by molar-refractivity contribution is 5.88. The fourth-order valence-corrected chi connectivity index (χ4v) is 4.32. The molecule has 0 aliphatic heterocycles. The fraction of sp³-hybridized carbons (Fsp3) is 0.212. The SMILES string of the molecule is COc1ccc(CN(C(=O)COc2ccccc2)C(Cc2ccccc2)C(=O)NCCc2ccccc2)cc1. The van der Waals surface area contributed by atoms with Crippen LogP contribution in [0.4, 0.5) is 0 Å². The van der Waals surface area contributed by atoms with E-state index in [2.05, 4.69) is 5.32 Å². The first-order valence-electron chi connectivity index (χ1n) is 13.1. The number of ether oxygens (including phenoxy) is 2. The number of hydrogen-bond acceptors (Lipinski definition) is 4. The maximum atomic E-state index is 13.7. The molecule has 0 aromatic heterocycles. The van der Waals surface area contributed by atoms with Crippen molar-refractivity contribution in [1.29, 1.82) is 0 Å². The number of carbonyl (C=O) groups is 2. The van der Waals surface area contributed by atoms with Crippen LogP contribution in [0.15, 0.2) is 115 Å². The highest BCUT2D eigenvalue weighted by atomic mass is 16.5. The smallest absolute Gasteiger partial charge is 0.261 e. The molecule has 200 valence electrons. The van der Waals surface area contributed by atoms with Gasteiger partial charge < -0.3 is 19.7 Å². The quantitative estimate of drug-likeness (QED) is 0.266. The summed E-state index contributed by atoms with van der Waals surface area (Å²) in [6.07, 6.45) is 1.08. The highest BCUT2D eigenvalue weighted by Crippen LogP contribution is 2.18. The predicted molar refractivity (Wildman–Crippen MR) is 153 cm³/mol. The largest absolute Gasteiger partial charge is 0.497 e. The molecule has 0 fully saturated rings. The number of para-hydroxylation sites is 1. The molecule has 6 heteroatoms. The van der Waals surface area contributed by atoms with Crippen molar-refractivity contribution < 1.29 is 19.1 Å². The Balaban J connectivity index is 1.57. The van der Waals surface area contributed by atoms with Gasteiger partial charge in [-0.15, -0.1) is 0 Å². The number of carbonyl (C=O) groups excluding carboxylic acids is 2. The summed E-state index contributed by atoms with van der Waals surface area (Å²) in [7, 11) is 1.61. The van der Waals surface area contributed by atoms with Gasteiger partial charge in [0.1, 0.15) is 17.5 Å². The topological polar surface area (TPSA) is 67.9 Å². The summed E-state index contributed by atoms with van der Waals surface area (Å²) in [5, 5.41) is 3.07. The van der Waals surface area contributed by atoms with E-state index in [1.165, 1.54) is 0 Å². The van der Waals surface area contributed by atoms with E-state index in [-0.39, 0.29) is 25.0 Å². The second kappa shape index (κ2) is 14.4. The molecule has 2 amide bonds. The number of amides is 2. The number of benzene rings is 4. The fourth-order valence-electron chi connectivity index (χ4n) is 4.32. The van der Waals surface area contributed by atoms with Crippen LogP contribution in [-0.4, -0.2) is 43.0 Å². The Hall–Kier alpha value is -4.58. The minimum absolute atomic E-state index is 0.178. The van der Waals surface area contributed by atoms with Crippen LogP contribution in [0, 0.1) is 0 Å². The van der Waals surface area contributed by atoms with Crippen molar-refractivity contribution in [3.05, 3.63) is 132 Å². The van der Waals surface area contributed by atoms with Gasteiger partial charge in [0.25, 0.3) is 5.91 Å². The standard InChI is InChI=1S/C33H34N2O4/c1-38-29-19-17-28(18-20-29)24-35(32(36)25-39-30-15-9-4-10-16-30)31(23-27-13-7-3-8-14-27)33(37)34-22-21-26-11-5-2-6-12-26/h2-20,31H,21-25H2,1H3,(H,34,37). The molecule has 0 heterocycles. The Morgan fingerprint density at radius 2 is 1.31 bits per heavy atom. The molecule has 1 N–H and O–H groups in total. The Bertz CT molecular complexity index is 1300. The van der Waals surface area contributed by atoms with E-state index in [0.717, 1.165) is 22.4 Å². The Morgan fingerprint density at radius 1 is 0.718 bits per heavy atom. The molecular formula is C33H34N2O4. The van der Waals surface area contributed by atoms with Crippen molar-refractivity contribution in [2.24, 2.45) is 0 Å². The van der Waals surface area contributed by atoms with E-state index in [1.807, 2.05) is 103 Å². The molecule has 1 atom stereocenters. The zero-order chi connectivity index (χ0) is 27.3. The highest BCUT2D eigenvalue weighted by Gasteiger charge is 2.30. The van der Waals surface area contributed by atoms with Gasteiger partial charge in [0, 0.05) is 19.5 Å². The van der Waals surface area contributed by atoms with Crippen molar-refractivity contribution in [2.45, 2.75) is 25.4 Å². The lowest BCUT2D eigenvalue weighted by atomic mass is 10.0. The maximum Gasteiger partial charge on any atom is 0.261 e. The lowest BCUT2D eigenvalue weighted by Gasteiger charge is -2.31. The minimum Gasteiger partial charge on any atom is -0.497 e. The molecule has 4 rings (SSSR count). The van der Waals surface area contributed by atoms with Crippen LogP contribution >= 0.6 is 0 Å². The van der Waals surface area contributed by atoms with E-state index < -0.39 is 6.04 Å². The molecule has 0 bridgehead atoms. The summed E-state index contributed by atoms with van der Waals surface area (Å²) in [5.74, 6) is 0.857. The van der Waals surface area contributed by atoms with Gasteiger partial charge in [-0.3, -0.25) is 9.59 Å². The molecule has 0 spiro atoms. The van der Waals surface area contributed by atoms with Gasteiger partial charge in [-0.1, -0.05) is 91.0 Å². The average molecular weight is 523 g/mol. The molecule has 0 aliphatic rings. The van der Waals surface area contributed by atoms with Gasteiger partial charge in [-0.25, -0.2) is 0 Å². The first-order chi connectivity index (χ1) is 19.1. The van der Waals surface area contributed by atoms with Gasteiger partial charge >= 0.3 is 0 Å². The molecule has 6 nitrogen and oxygen atoms in total. The maximum absolute atomic E-state index is 13.7. The monoisotopic (exact) mass is 522 g/mol. The third kappa shape index (κ3) is 8.47. The second-order valence-corrected chi connectivity index (χ2v) is 9.20. The third-order valence-electron chi connectivity index (χ3n) is 6.44. The zero-order valence-corrected chi connectivity index (χ0v) is 22.2. The predicted octanol–water partition coefficient (Wildman–Crippen LogP) is 5.07. The van der Waals surface area contributed by atoms with Gasteiger partial charge in [-0.2, -0.15) is 0 Å². The van der Waals surface area contributed by atoms with Crippen LogP contribution in [0.5, 0.6) is 11.5 Å². The first kappa shape index (κ1) is 27.5. The van der Waals surface area contributed by atoms with Crippen LogP contribution < -0.4 is 14.8 Å². The van der Waals surface area contributed by atoms with Crippen LogP contribution in [-0.2, 0) is 29.0 Å². The van der Waals surface area contributed by atoms with Crippen LogP contribution in [0.25, 0.3) is 0 Å². The number of methoxy groups -OCH3 is 1.